The molecule has 0 aliphatic carbocycles. The van der Waals surface area contributed by atoms with Gasteiger partial charge in [-0.2, -0.15) is 0 Å². The lowest BCUT2D eigenvalue weighted by atomic mass is 10.2. The Bertz CT molecular complexity index is 913. The fourth-order valence-corrected chi connectivity index (χ4v) is 3.87. The maximum absolute atomic E-state index is 12.1. The lowest BCUT2D eigenvalue weighted by Crippen LogP contribution is -2.34. The van der Waals surface area contributed by atoms with Crippen molar-refractivity contribution in [1.82, 2.24) is 10.3 Å². The molecule has 1 heterocycles. The molecule has 0 bridgehead atoms. The zero-order valence-corrected chi connectivity index (χ0v) is 16.0. The number of amides is 1. The highest BCUT2D eigenvalue weighted by molar-refractivity contribution is 14.1. The molecular weight excluding hydrogens is 465 g/mol. The Balaban J connectivity index is 1.71. The molecule has 0 spiro atoms. The van der Waals surface area contributed by atoms with Crippen LogP contribution >= 0.6 is 57.7 Å². The maximum Gasteiger partial charge on any atom is 0.257 e. The van der Waals surface area contributed by atoms with Crippen molar-refractivity contribution in [3.05, 3.63) is 56.6 Å². The van der Waals surface area contributed by atoms with Crippen LogP contribution < -0.4 is 10.6 Å². The SMILES string of the molecule is O=C(NC(=S)Nc1nc2c(Cl)cccc2s1)c1cccc(I)c1. The fraction of sp³-hybridized carbons (Fsp3) is 0. The molecule has 8 heteroatoms. The summed E-state index contributed by atoms with van der Waals surface area (Å²) in [6, 6.07) is 12.8. The molecule has 0 radical (unpaired) electrons. The van der Waals surface area contributed by atoms with Crippen molar-refractivity contribution in [1.29, 1.82) is 0 Å². The highest BCUT2D eigenvalue weighted by Gasteiger charge is 2.11. The highest BCUT2D eigenvalue weighted by Crippen LogP contribution is 2.30. The van der Waals surface area contributed by atoms with Crippen LogP contribution in [0.4, 0.5) is 5.13 Å². The number of rotatable bonds is 2. The van der Waals surface area contributed by atoms with Crippen LogP contribution in [0, 0.1) is 3.57 Å². The van der Waals surface area contributed by atoms with Gasteiger partial charge in [0.25, 0.3) is 5.91 Å². The third-order valence-electron chi connectivity index (χ3n) is 2.90. The number of nitrogens with one attached hydrogen (secondary N) is 2. The van der Waals surface area contributed by atoms with Gasteiger partial charge in [-0.05, 0) is 65.1 Å². The van der Waals surface area contributed by atoms with Gasteiger partial charge in [-0.15, -0.1) is 0 Å². The monoisotopic (exact) mass is 473 g/mol. The molecule has 0 unspecified atom stereocenters. The summed E-state index contributed by atoms with van der Waals surface area (Å²) in [5, 5.41) is 6.93. The Labute approximate surface area is 160 Å². The number of nitrogens with zero attached hydrogens (tertiary/aromatic N) is 1. The third kappa shape index (κ3) is 3.97. The van der Waals surface area contributed by atoms with E-state index in [1.54, 1.807) is 18.2 Å². The Morgan fingerprint density at radius 2 is 2.04 bits per heavy atom. The number of para-hydroxylation sites is 1. The van der Waals surface area contributed by atoms with Crippen molar-refractivity contribution in [2.75, 3.05) is 5.32 Å². The Hall–Kier alpha value is -1.29. The van der Waals surface area contributed by atoms with Crippen LogP contribution in [0.5, 0.6) is 0 Å². The van der Waals surface area contributed by atoms with Crippen LogP contribution in [0.2, 0.25) is 5.02 Å². The summed E-state index contributed by atoms with van der Waals surface area (Å²) in [4.78, 5) is 16.5. The first kappa shape index (κ1) is 16.6. The van der Waals surface area contributed by atoms with Crippen LogP contribution in [-0.2, 0) is 0 Å². The van der Waals surface area contributed by atoms with E-state index >= 15 is 0 Å². The smallest absolute Gasteiger partial charge is 0.257 e. The van der Waals surface area contributed by atoms with Crippen molar-refractivity contribution in [2.45, 2.75) is 0 Å². The van der Waals surface area contributed by atoms with Gasteiger partial charge < -0.3 is 5.32 Å². The standard InChI is InChI=1S/C15H9ClIN3OS2/c16-10-5-2-6-11-12(10)18-15(23-11)20-14(22)19-13(21)8-3-1-4-9(17)7-8/h1-7H,(H2,18,19,20,21,22). The molecular formula is C15H9ClIN3OS2. The quantitative estimate of drug-likeness (QED) is 0.419. The number of aromatic nitrogens is 1. The molecule has 0 atom stereocenters. The predicted molar refractivity (Wildman–Crippen MR) is 107 cm³/mol. The summed E-state index contributed by atoms with van der Waals surface area (Å²) in [7, 11) is 0. The lowest BCUT2D eigenvalue weighted by molar-refractivity contribution is 0.0977. The average molecular weight is 474 g/mol. The molecule has 1 amide bonds. The van der Waals surface area contributed by atoms with Crippen LogP contribution in [0.3, 0.4) is 0 Å². The normalized spacial score (nSPS) is 10.5. The molecule has 1 aromatic heterocycles. The van der Waals surface area contributed by atoms with E-state index in [1.165, 1.54) is 11.3 Å². The van der Waals surface area contributed by atoms with E-state index in [-0.39, 0.29) is 11.0 Å². The second-order valence-electron chi connectivity index (χ2n) is 4.52. The molecule has 0 saturated heterocycles. The molecule has 23 heavy (non-hydrogen) atoms. The van der Waals surface area contributed by atoms with Gasteiger partial charge in [0.15, 0.2) is 10.2 Å². The second kappa shape index (κ2) is 7.08. The summed E-state index contributed by atoms with van der Waals surface area (Å²) in [6.45, 7) is 0. The number of halogens is 2. The van der Waals surface area contributed by atoms with Gasteiger partial charge in [0.05, 0.1) is 9.72 Å². The summed E-state index contributed by atoms with van der Waals surface area (Å²) in [5.74, 6) is -0.264. The van der Waals surface area contributed by atoms with Crippen molar-refractivity contribution in [3.63, 3.8) is 0 Å². The molecule has 0 fully saturated rings. The summed E-state index contributed by atoms with van der Waals surface area (Å²) < 4.78 is 1.93. The summed E-state index contributed by atoms with van der Waals surface area (Å²) >= 11 is 14.8. The van der Waals surface area contributed by atoms with Gasteiger partial charge in [-0.25, -0.2) is 4.98 Å². The van der Waals surface area contributed by atoms with Gasteiger partial charge in [-0.1, -0.05) is 35.1 Å². The van der Waals surface area contributed by atoms with Crippen LogP contribution in [0.1, 0.15) is 10.4 Å². The van der Waals surface area contributed by atoms with E-state index in [0.717, 1.165) is 8.27 Å². The van der Waals surface area contributed by atoms with Crippen molar-refractivity contribution < 1.29 is 4.79 Å². The summed E-state index contributed by atoms with van der Waals surface area (Å²) in [6.07, 6.45) is 0. The average Bonchev–Trinajstić information content (AvgIpc) is 2.91. The van der Waals surface area contributed by atoms with Gasteiger partial charge in [0.1, 0.15) is 5.52 Å². The van der Waals surface area contributed by atoms with E-state index in [4.69, 9.17) is 23.8 Å². The minimum absolute atomic E-state index is 0.198. The number of fused-ring (bicyclic) bond motifs is 1. The molecule has 2 aromatic carbocycles. The Morgan fingerprint density at radius 1 is 1.26 bits per heavy atom. The van der Waals surface area contributed by atoms with E-state index in [9.17, 15) is 4.79 Å². The zero-order chi connectivity index (χ0) is 16.4. The van der Waals surface area contributed by atoms with Crippen molar-refractivity contribution in [3.8, 4) is 0 Å². The Kier molecular flexibility index (Phi) is 5.10. The minimum Gasteiger partial charge on any atom is -0.308 e. The number of thiazole rings is 1. The number of carbonyl (C=O) groups is 1. The van der Waals surface area contributed by atoms with Crippen molar-refractivity contribution in [2.24, 2.45) is 0 Å². The second-order valence-corrected chi connectivity index (χ2v) is 7.62. The zero-order valence-electron chi connectivity index (χ0n) is 11.5. The molecule has 0 aliphatic rings. The molecule has 2 N–H and O–H groups in total. The van der Waals surface area contributed by atoms with Crippen LogP contribution in [-0.4, -0.2) is 16.0 Å². The molecule has 116 valence electrons. The predicted octanol–water partition coefficient (Wildman–Crippen LogP) is 4.68. The molecule has 4 nitrogen and oxygen atoms in total. The largest absolute Gasteiger partial charge is 0.308 e. The maximum atomic E-state index is 12.1. The van der Waals surface area contributed by atoms with Gasteiger partial charge in [0.2, 0.25) is 0 Å². The van der Waals surface area contributed by atoms with Gasteiger partial charge >= 0.3 is 0 Å². The number of hydrogen-bond donors (Lipinski definition) is 2. The number of carbonyl (C=O) groups excluding carboxylic acids is 1. The fourth-order valence-electron chi connectivity index (χ4n) is 1.90. The first-order valence-corrected chi connectivity index (χ1v) is 9.14. The van der Waals surface area contributed by atoms with E-state index in [1.807, 2.05) is 24.3 Å². The first-order valence-electron chi connectivity index (χ1n) is 6.46. The molecule has 3 aromatic rings. The van der Waals surface area contributed by atoms with Gasteiger partial charge in [-0.3, -0.25) is 10.1 Å². The number of hydrogen-bond acceptors (Lipinski definition) is 4. The number of anilines is 1. The molecule has 3 rings (SSSR count). The molecule has 0 aliphatic heterocycles. The van der Waals surface area contributed by atoms with E-state index in [2.05, 4.69) is 38.2 Å². The third-order valence-corrected chi connectivity index (χ3v) is 5.02. The first-order chi connectivity index (χ1) is 11.0. The van der Waals surface area contributed by atoms with Crippen LogP contribution in [0.15, 0.2) is 42.5 Å². The number of benzene rings is 2. The highest BCUT2D eigenvalue weighted by atomic mass is 127. The van der Waals surface area contributed by atoms with E-state index in [0.29, 0.717) is 21.2 Å². The minimum atomic E-state index is -0.264. The Morgan fingerprint density at radius 3 is 2.78 bits per heavy atom. The topological polar surface area (TPSA) is 54.0 Å². The molecule has 0 saturated carbocycles. The summed E-state index contributed by atoms with van der Waals surface area (Å²) in [5.41, 5.74) is 1.27. The van der Waals surface area contributed by atoms with Crippen molar-refractivity contribution >= 4 is 84.1 Å². The van der Waals surface area contributed by atoms with Crippen LogP contribution in [0.25, 0.3) is 10.2 Å². The van der Waals surface area contributed by atoms with Gasteiger partial charge in [0, 0.05) is 9.13 Å². The lowest BCUT2D eigenvalue weighted by Gasteiger charge is -2.07. The number of thiocarbonyl (C=S) groups is 1. The van der Waals surface area contributed by atoms with E-state index < -0.39 is 0 Å².